The summed E-state index contributed by atoms with van der Waals surface area (Å²) in [5, 5.41) is 12.1. The van der Waals surface area contributed by atoms with E-state index in [1.54, 1.807) is 17.9 Å². The smallest absolute Gasteiger partial charge is 0.270 e. The van der Waals surface area contributed by atoms with Crippen LogP contribution in [-0.4, -0.2) is 27.2 Å². The summed E-state index contributed by atoms with van der Waals surface area (Å²) in [5.41, 5.74) is 1.33. The Morgan fingerprint density at radius 3 is 2.72 bits per heavy atom. The van der Waals surface area contributed by atoms with Gasteiger partial charge in [0.05, 0.1) is 25.2 Å². The van der Waals surface area contributed by atoms with E-state index < -0.39 is 6.04 Å². The number of amides is 1. The summed E-state index contributed by atoms with van der Waals surface area (Å²) in [6.07, 6.45) is 3.06. The maximum atomic E-state index is 12.0. The molecule has 1 atom stereocenters. The zero-order valence-corrected chi connectivity index (χ0v) is 10.1. The second-order valence-electron chi connectivity index (χ2n) is 4.01. The van der Waals surface area contributed by atoms with Gasteiger partial charge in [0, 0.05) is 7.05 Å². The van der Waals surface area contributed by atoms with E-state index in [0.717, 1.165) is 5.56 Å². The molecular formula is C13H15N3O2. The minimum Gasteiger partial charge on any atom is -0.394 e. The summed E-state index contributed by atoms with van der Waals surface area (Å²) in [5.74, 6) is -0.252. The predicted octanol–water partition coefficient (Wildman–Crippen LogP) is 0.883. The molecule has 1 unspecified atom stereocenters. The van der Waals surface area contributed by atoms with E-state index in [9.17, 15) is 9.90 Å². The van der Waals surface area contributed by atoms with Gasteiger partial charge in [-0.25, -0.2) is 4.98 Å². The van der Waals surface area contributed by atoms with E-state index in [-0.39, 0.29) is 12.5 Å². The molecule has 1 aromatic heterocycles. The quantitative estimate of drug-likeness (QED) is 0.840. The molecule has 2 N–H and O–H groups in total. The Morgan fingerprint density at radius 1 is 1.44 bits per heavy atom. The van der Waals surface area contributed by atoms with Gasteiger partial charge < -0.3 is 15.0 Å². The zero-order valence-electron chi connectivity index (χ0n) is 10.1. The average molecular weight is 245 g/mol. The molecule has 1 aromatic carbocycles. The van der Waals surface area contributed by atoms with Gasteiger partial charge in [-0.1, -0.05) is 30.3 Å². The van der Waals surface area contributed by atoms with E-state index in [2.05, 4.69) is 10.3 Å². The number of aliphatic hydroxyl groups excluding tert-OH is 1. The molecule has 0 aliphatic heterocycles. The summed E-state index contributed by atoms with van der Waals surface area (Å²) < 4.78 is 1.63. The molecule has 0 aliphatic rings. The number of aliphatic hydroxyl groups is 1. The van der Waals surface area contributed by atoms with Crippen molar-refractivity contribution in [1.82, 2.24) is 14.9 Å². The van der Waals surface area contributed by atoms with Crippen LogP contribution in [0.1, 0.15) is 22.1 Å². The Balaban J connectivity index is 2.13. The van der Waals surface area contributed by atoms with Crippen LogP contribution in [0.5, 0.6) is 0 Å². The van der Waals surface area contributed by atoms with Gasteiger partial charge in [-0.15, -0.1) is 0 Å². The lowest BCUT2D eigenvalue weighted by molar-refractivity contribution is 0.0908. The maximum Gasteiger partial charge on any atom is 0.270 e. The highest BCUT2D eigenvalue weighted by Gasteiger charge is 2.16. The molecule has 2 aromatic rings. The van der Waals surface area contributed by atoms with E-state index in [1.807, 2.05) is 30.3 Å². The molecule has 0 radical (unpaired) electrons. The molecule has 0 aliphatic carbocycles. The number of nitrogens with one attached hydrogen (secondary N) is 1. The van der Waals surface area contributed by atoms with Crippen LogP contribution in [0.3, 0.4) is 0 Å². The van der Waals surface area contributed by atoms with Crippen molar-refractivity contribution >= 4 is 5.91 Å². The van der Waals surface area contributed by atoms with Crippen LogP contribution in [0.25, 0.3) is 0 Å². The standard InChI is InChI=1S/C13H15N3O2/c1-16-9-14-7-12(16)13(18)15-11(8-17)10-5-3-2-4-6-10/h2-7,9,11,17H,8H2,1H3,(H,15,18). The first-order valence-electron chi connectivity index (χ1n) is 5.65. The first-order chi connectivity index (χ1) is 8.72. The van der Waals surface area contributed by atoms with Crippen molar-refractivity contribution in [3.63, 3.8) is 0 Å². The molecule has 0 fully saturated rings. The zero-order chi connectivity index (χ0) is 13.0. The number of nitrogens with zero attached hydrogens (tertiary/aromatic N) is 2. The van der Waals surface area contributed by atoms with Crippen LogP contribution in [0.4, 0.5) is 0 Å². The Bertz CT molecular complexity index is 522. The highest BCUT2D eigenvalue weighted by atomic mass is 16.3. The second-order valence-corrected chi connectivity index (χ2v) is 4.01. The number of hydrogen-bond acceptors (Lipinski definition) is 3. The third-order valence-electron chi connectivity index (χ3n) is 2.74. The van der Waals surface area contributed by atoms with Crippen molar-refractivity contribution in [2.45, 2.75) is 6.04 Å². The van der Waals surface area contributed by atoms with Gasteiger partial charge in [-0.2, -0.15) is 0 Å². The largest absolute Gasteiger partial charge is 0.394 e. The Labute approximate surface area is 105 Å². The molecule has 5 nitrogen and oxygen atoms in total. The van der Waals surface area contributed by atoms with Gasteiger partial charge in [-0.05, 0) is 5.56 Å². The number of carbonyl (C=O) groups is 1. The van der Waals surface area contributed by atoms with Gasteiger partial charge in [-0.3, -0.25) is 4.79 Å². The maximum absolute atomic E-state index is 12.0. The third kappa shape index (κ3) is 2.57. The number of hydrogen-bond donors (Lipinski definition) is 2. The number of imidazole rings is 1. The molecule has 0 spiro atoms. The summed E-state index contributed by atoms with van der Waals surface area (Å²) in [7, 11) is 1.75. The third-order valence-corrected chi connectivity index (χ3v) is 2.74. The molecule has 0 saturated carbocycles. The van der Waals surface area contributed by atoms with Crippen molar-refractivity contribution in [3.8, 4) is 0 Å². The lowest BCUT2D eigenvalue weighted by Gasteiger charge is -2.16. The van der Waals surface area contributed by atoms with Gasteiger partial charge >= 0.3 is 0 Å². The van der Waals surface area contributed by atoms with E-state index >= 15 is 0 Å². The number of benzene rings is 1. The summed E-state index contributed by atoms with van der Waals surface area (Å²) in [6.45, 7) is -0.145. The highest BCUT2D eigenvalue weighted by Crippen LogP contribution is 2.12. The minimum atomic E-state index is -0.409. The number of aryl methyl sites for hydroxylation is 1. The number of carbonyl (C=O) groups excluding carboxylic acids is 1. The molecule has 94 valence electrons. The Hall–Kier alpha value is -2.14. The van der Waals surface area contributed by atoms with Crippen LogP contribution < -0.4 is 5.32 Å². The van der Waals surface area contributed by atoms with Crippen molar-refractivity contribution in [2.75, 3.05) is 6.61 Å². The normalized spacial score (nSPS) is 12.1. The monoisotopic (exact) mass is 245 g/mol. The van der Waals surface area contributed by atoms with Crippen LogP contribution in [0.2, 0.25) is 0 Å². The number of rotatable bonds is 4. The number of aromatic nitrogens is 2. The second kappa shape index (κ2) is 5.46. The average Bonchev–Trinajstić information content (AvgIpc) is 2.83. The molecule has 18 heavy (non-hydrogen) atoms. The fourth-order valence-corrected chi connectivity index (χ4v) is 1.73. The molecular weight excluding hydrogens is 230 g/mol. The molecule has 1 amide bonds. The summed E-state index contributed by atoms with van der Waals surface area (Å²) in [4.78, 5) is 15.9. The van der Waals surface area contributed by atoms with Gasteiger partial charge in [0.2, 0.25) is 0 Å². The van der Waals surface area contributed by atoms with Crippen molar-refractivity contribution < 1.29 is 9.90 Å². The van der Waals surface area contributed by atoms with Crippen LogP contribution >= 0.6 is 0 Å². The van der Waals surface area contributed by atoms with Crippen molar-refractivity contribution in [1.29, 1.82) is 0 Å². The van der Waals surface area contributed by atoms with Crippen LogP contribution in [-0.2, 0) is 7.05 Å². The molecule has 1 heterocycles. The van der Waals surface area contributed by atoms with Crippen molar-refractivity contribution in [2.24, 2.45) is 7.05 Å². The first kappa shape index (κ1) is 12.3. The van der Waals surface area contributed by atoms with Crippen molar-refractivity contribution in [3.05, 3.63) is 54.1 Å². The van der Waals surface area contributed by atoms with E-state index in [0.29, 0.717) is 5.69 Å². The van der Waals surface area contributed by atoms with Gasteiger partial charge in [0.15, 0.2) is 0 Å². The fourth-order valence-electron chi connectivity index (χ4n) is 1.73. The fraction of sp³-hybridized carbons (Fsp3) is 0.231. The SMILES string of the molecule is Cn1cncc1C(=O)NC(CO)c1ccccc1. The van der Waals surface area contributed by atoms with Crippen LogP contribution in [0, 0.1) is 0 Å². The minimum absolute atomic E-state index is 0.145. The van der Waals surface area contributed by atoms with Crippen LogP contribution in [0.15, 0.2) is 42.9 Å². The predicted molar refractivity (Wildman–Crippen MR) is 66.9 cm³/mol. The summed E-state index contributed by atoms with van der Waals surface area (Å²) >= 11 is 0. The summed E-state index contributed by atoms with van der Waals surface area (Å²) in [6, 6.07) is 8.95. The Morgan fingerprint density at radius 2 is 2.17 bits per heavy atom. The molecule has 0 saturated heterocycles. The Kier molecular flexibility index (Phi) is 3.74. The topological polar surface area (TPSA) is 67.2 Å². The molecule has 0 bridgehead atoms. The molecule has 5 heteroatoms. The van der Waals surface area contributed by atoms with Gasteiger partial charge in [0.1, 0.15) is 5.69 Å². The molecule has 2 rings (SSSR count). The lowest BCUT2D eigenvalue weighted by atomic mass is 10.1. The van der Waals surface area contributed by atoms with E-state index in [4.69, 9.17) is 0 Å². The highest BCUT2D eigenvalue weighted by molar-refractivity contribution is 5.92. The lowest BCUT2D eigenvalue weighted by Crippen LogP contribution is -2.31. The first-order valence-corrected chi connectivity index (χ1v) is 5.65. The van der Waals surface area contributed by atoms with Gasteiger partial charge in [0.25, 0.3) is 5.91 Å². The van der Waals surface area contributed by atoms with E-state index in [1.165, 1.54) is 6.20 Å².